The lowest BCUT2D eigenvalue weighted by Crippen LogP contribution is -2.37. The van der Waals surface area contributed by atoms with E-state index < -0.39 is 0 Å². The minimum atomic E-state index is -0.0909. The fourth-order valence-electron chi connectivity index (χ4n) is 2.64. The fourth-order valence-corrected chi connectivity index (χ4v) is 2.64. The average molecular weight is 327 g/mol. The van der Waals surface area contributed by atoms with Gasteiger partial charge in [0.2, 0.25) is 0 Å². The quantitative estimate of drug-likeness (QED) is 0.844. The molecule has 0 saturated heterocycles. The molecule has 0 spiro atoms. The fraction of sp³-hybridized carbons (Fsp3) is 0.588. The van der Waals surface area contributed by atoms with Gasteiger partial charge in [-0.3, -0.25) is 4.79 Å². The monoisotopic (exact) mass is 326 g/mol. The average Bonchev–Trinajstić information content (AvgIpc) is 2.54. The van der Waals surface area contributed by atoms with Gasteiger partial charge in [-0.25, -0.2) is 0 Å². The number of carbonyl (C=O) groups is 1. The van der Waals surface area contributed by atoms with E-state index in [0.29, 0.717) is 18.0 Å². The maximum absolute atomic E-state index is 11.9. The molecule has 1 atom stereocenters. The van der Waals surface area contributed by atoms with Crippen LogP contribution in [0.15, 0.2) is 24.3 Å². The van der Waals surface area contributed by atoms with Crippen LogP contribution in [0.1, 0.15) is 49.4 Å². The third kappa shape index (κ3) is 5.85. The molecule has 0 aromatic heterocycles. The van der Waals surface area contributed by atoms with Crippen molar-refractivity contribution < 1.29 is 9.53 Å². The number of hydrogen-bond donors (Lipinski definition) is 2. The summed E-state index contributed by atoms with van der Waals surface area (Å²) >= 11 is 0. The molecule has 4 nitrogen and oxygen atoms in total. The second-order valence-electron chi connectivity index (χ2n) is 5.95. The smallest absolute Gasteiger partial charge is 0.251 e. The van der Waals surface area contributed by atoms with Crippen molar-refractivity contribution >= 4 is 18.3 Å². The molecule has 0 unspecified atom stereocenters. The van der Waals surface area contributed by atoms with Crippen LogP contribution in [0.25, 0.3) is 0 Å². The summed E-state index contributed by atoms with van der Waals surface area (Å²) in [6, 6.07) is 7.32. The molecule has 1 saturated carbocycles. The third-order valence-corrected chi connectivity index (χ3v) is 4.06. The topological polar surface area (TPSA) is 64.3 Å². The number of nitrogens with one attached hydrogen (secondary N) is 1. The first-order chi connectivity index (χ1) is 10.2. The van der Waals surface area contributed by atoms with Gasteiger partial charge in [-0.2, -0.15) is 0 Å². The number of halogens is 1. The van der Waals surface area contributed by atoms with Crippen LogP contribution in [-0.2, 0) is 0 Å². The molecule has 124 valence electrons. The Bertz CT molecular complexity index is 444. The van der Waals surface area contributed by atoms with E-state index in [1.165, 1.54) is 32.1 Å². The van der Waals surface area contributed by atoms with Crippen LogP contribution in [-0.4, -0.2) is 25.1 Å². The highest BCUT2D eigenvalue weighted by molar-refractivity contribution is 5.94. The van der Waals surface area contributed by atoms with E-state index in [0.717, 1.165) is 12.4 Å². The summed E-state index contributed by atoms with van der Waals surface area (Å²) in [7, 11) is 0. The largest absolute Gasteiger partial charge is 0.493 e. The van der Waals surface area contributed by atoms with E-state index in [-0.39, 0.29) is 24.4 Å². The second-order valence-corrected chi connectivity index (χ2v) is 5.95. The molecule has 22 heavy (non-hydrogen) atoms. The summed E-state index contributed by atoms with van der Waals surface area (Å²) in [6.07, 6.45) is 6.56. The van der Waals surface area contributed by atoms with Gasteiger partial charge in [0.25, 0.3) is 5.91 Å². The van der Waals surface area contributed by atoms with Gasteiger partial charge < -0.3 is 15.8 Å². The van der Waals surface area contributed by atoms with Crippen LogP contribution >= 0.6 is 12.4 Å². The molecule has 0 aliphatic heterocycles. The molecule has 2 rings (SSSR count). The van der Waals surface area contributed by atoms with Crippen molar-refractivity contribution in [3.63, 3.8) is 0 Å². The number of ether oxygens (including phenoxy) is 1. The van der Waals surface area contributed by atoms with Crippen molar-refractivity contribution in [1.82, 2.24) is 5.32 Å². The molecule has 1 aromatic carbocycles. The van der Waals surface area contributed by atoms with Gasteiger partial charge in [-0.05, 0) is 49.9 Å². The van der Waals surface area contributed by atoms with Crippen molar-refractivity contribution in [3.8, 4) is 5.75 Å². The Morgan fingerprint density at radius 1 is 1.27 bits per heavy atom. The van der Waals surface area contributed by atoms with E-state index in [1.54, 1.807) is 12.1 Å². The molecule has 0 radical (unpaired) electrons. The molecule has 1 aliphatic carbocycles. The molecule has 1 aliphatic rings. The molecule has 5 heteroatoms. The van der Waals surface area contributed by atoms with E-state index in [2.05, 4.69) is 5.32 Å². The van der Waals surface area contributed by atoms with Crippen molar-refractivity contribution in [1.29, 1.82) is 0 Å². The summed E-state index contributed by atoms with van der Waals surface area (Å²) in [5, 5.41) is 2.84. The molecular weight excluding hydrogens is 300 g/mol. The summed E-state index contributed by atoms with van der Waals surface area (Å²) in [4.78, 5) is 11.9. The highest BCUT2D eigenvalue weighted by atomic mass is 35.5. The number of rotatable bonds is 6. The lowest BCUT2D eigenvalue weighted by Gasteiger charge is -2.21. The van der Waals surface area contributed by atoms with Crippen molar-refractivity contribution in [3.05, 3.63) is 29.8 Å². The Morgan fingerprint density at radius 2 is 1.91 bits per heavy atom. The third-order valence-electron chi connectivity index (χ3n) is 4.06. The molecule has 0 heterocycles. The van der Waals surface area contributed by atoms with Crippen molar-refractivity contribution in [2.24, 2.45) is 11.7 Å². The van der Waals surface area contributed by atoms with Gasteiger partial charge in [-0.15, -0.1) is 12.4 Å². The Labute approximate surface area is 139 Å². The summed E-state index contributed by atoms with van der Waals surface area (Å²) in [6.45, 7) is 3.11. The first-order valence-electron chi connectivity index (χ1n) is 7.93. The maximum Gasteiger partial charge on any atom is 0.251 e. The van der Waals surface area contributed by atoms with Gasteiger partial charge in [-0.1, -0.05) is 19.3 Å². The predicted molar refractivity (Wildman–Crippen MR) is 91.7 cm³/mol. The van der Waals surface area contributed by atoms with E-state index in [1.807, 2.05) is 19.1 Å². The molecular formula is C17H27ClN2O2. The van der Waals surface area contributed by atoms with Gasteiger partial charge in [0.1, 0.15) is 5.75 Å². The highest BCUT2D eigenvalue weighted by Crippen LogP contribution is 2.24. The number of amides is 1. The number of hydrogen-bond acceptors (Lipinski definition) is 3. The highest BCUT2D eigenvalue weighted by Gasteiger charge is 2.14. The molecule has 3 N–H and O–H groups in total. The van der Waals surface area contributed by atoms with Crippen LogP contribution in [0, 0.1) is 5.92 Å². The number of carbonyl (C=O) groups excluding carboxylic acids is 1. The number of nitrogens with two attached hydrogens (primary N) is 1. The van der Waals surface area contributed by atoms with Crippen LogP contribution in [0.3, 0.4) is 0 Å². The number of benzene rings is 1. The first kappa shape index (κ1) is 18.8. The maximum atomic E-state index is 11.9. The van der Waals surface area contributed by atoms with E-state index in [9.17, 15) is 4.79 Å². The standard InChI is InChI=1S/C17H26N2O2.ClH/c1-13(11-18)19-17(20)15-7-9-16(10-8-15)21-12-14-5-3-2-4-6-14;/h7-10,13-14H,2-6,11-12,18H2,1H3,(H,19,20);1H/t13-;/m0./s1. The molecule has 1 amide bonds. The first-order valence-corrected chi connectivity index (χ1v) is 7.93. The Hall–Kier alpha value is -1.26. The second kappa shape index (κ2) is 9.70. The zero-order valence-corrected chi connectivity index (χ0v) is 14.0. The summed E-state index contributed by atoms with van der Waals surface area (Å²) in [5.74, 6) is 1.43. The Balaban J connectivity index is 0.00000242. The zero-order chi connectivity index (χ0) is 15.1. The van der Waals surface area contributed by atoms with Gasteiger partial charge in [0.05, 0.1) is 6.61 Å². The Morgan fingerprint density at radius 3 is 2.50 bits per heavy atom. The lowest BCUT2D eigenvalue weighted by atomic mass is 9.90. The van der Waals surface area contributed by atoms with Crippen LogP contribution < -0.4 is 15.8 Å². The van der Waals surface area contributed by atoms with E-state index in [4.69, 9.17) is 10.5 Å². The minimum Gasteiger partial charge on any atom is -0.493 e. The predicted octanol–water partition coefficient (Wildman–Crippen LogP) is 3.14. The minimum absolute atomic E-state index is 0. The molecule has 1 aromatic rings. The summed E-state index contributed by atoms with van der Waals surface area (Å²) in [5.41, 5.74) is 6.14. The van der Waals surface area contributed by atoms with E-state index >= 15 is 0 Å². The van der Waals surface area contributed by atoms with Gasteiger partial charge in [0.15, 0.2) is 0 Å². The van der Waals surface area contributed by atoms with Crippen LogP contribution in [0.4, 0.5) is 0 Å². The van der Waals surface area contributed by atoms with Crippen LogP contribution in [0.5, 0.6) is 5.75 Å². The summed E-state index contributed by atoms with van der Waals surface area (Å²) < 4.78 is 5.83. The molecule has 1 fully saturated rings. The van der Waals surface area contributed by atoms with Gasteiger partial charge in [0, 0.05) is 18.2 Å². The van der Waals surface area contributed by atoms with Crippen LogP contribution in [0.2, 0.25) is 0 Å². The SMILES string of the molecule is C[C@@H](CN)NC(=O)c1ccc(OCC2CCCCC2)cc1.Cl. The van der Waals surface area contributed by atoms with Gasteiger partial charge >= 0.3 is 0 Å². The van der Waals surface area contributed by atoms with Crippen molar-refractivity contribution in [2.75, 3.05) is 13.2 Å². The lowest BCUT2D eigenvalue weighted by molar-refractivity contribution is 0.0941. The normalized spacial score (nSPS) is 16.5. The van der Waals surface area contributed by atoms with Crippen molar-refractivity contribution in [2.45, 2.75) is 45.1 Å². The Kier molecular flexibility index (Phi) is 8.28. The molecule has 0 bridgehead atoms. The zero-order valence-electron chi connectivity index (χ0n) is 13.2.